The molecule has 0 aliphatic heterocycles. The van der Waals surface area contributed by atoms with Crippen molar-refractivity contribution in [1.82, 2.24) is 15.5 Å². The molecule has 0 aliphatic carbocycles. The molecular weight excluding hydrogens is 507 g/mol. The molecule has 0 radical (unpaired) electrons. The minimum Gasteiger partial charge on any atom is -0.374 e. The fourth-order valence-corrected chi connectivity index (χ4v) is 3.49. The number of carbonyl (C=O) groups is 1. The molecule has 1 amide bonds. The molecular formula is C25H32F7N3O2. The summed E-state index contributed by atoms with van der Waals surface area (Å²) < 4.78 is 96.7. The summed E-state index contributed by atoms with van der Waals surface area (Å²) in [6, 6.07) is 6.24. The first-order chi connectivity index (χ1) is 17.2. The molecule has 2 aromatic carbocycles. The van der Waals surface area contributed by atoms with Crippen molar-refractivity contribution >= 4 is 6.41 Å². The zero-order valence-electron chi connectivity index (χ0n) is 21.1. The summed E-state index contributed by atoms with van der Waals surface area (Å²) in [5.74, 6) is -0.530. The molecule has 0 fully saturated rings. The Morgan fingerprint density at radius 1 is 0.919 bits per heavy atom. The molecule has 2 rings (SSSR count). The van der Waals surface area contributed by atoms with Crippen LogP contribution in [0.25, 0.3) is 0 Å². The Bertz CT molecular complexity index is 932. The SMILES string of the molecule is CCCN(C)C.CNCC(COCc1cc(C(F)(F)F)cc(C(F)(F)F)c1)(NC=O)c1ccc(F)cc1. The lowest BCUT2D eigenvalue weighted by atomic mass is 9.90. The van der Waals surface area contributed by atoms with Crippen LogP contribution in [0, 0.1) is 5.82 Å². The highest BCUT2D eigenvalue weighted by Crippen LogP contribution is 2.36. The summed E-state index contributed by atoms with van der Waals surface area (Å²) >= 11 is 0. The van der Waals surface area contributed by atoms with Crippen molar-refractivity contribution < 1.29 is 40.3 Å². The van der Waals surface area contributed by atoms with Crippen LogP contribution < -0.4 is 10.6 Å². The lowest BCUT2D eigenvalue weighted by Gasteiger charge is -2.33. The summed E-state index contributed by atoms with van der Waals surface area (Å²) in [7, 11) is 5.74. The van der Waals surface area contributed by atoms with Gasteiger partial charge in [-0.15, -0.1) is 0 Å². The maximum Gasteiger partial charge on any atom is 0.416 e. The third-order valence-corrected chi connectivity index (χ3v) is 5.15. The van der Waals surface area contributed by atoms with Gasteiger partial charge in [-0.1, -0.05) is 19.1 Å². The lowest BCUT2D eigenvalue weighted by molar-refractivity contribution is -0.143. The third kappa shape index (κ3) is 10.7. The number of hydrogen-bond acceptors (Lipinski definition) is 4. The van der Waals surface area contributed by atoms with Gasteiger partial charge in [0.25, 0.3) is 0 Å². The van der Waals surface area contributed by atoms with Gasteiger partial charge >= 0.3 is 12.4 Å². The highest BCUT2D eigenvalue weighted by atomic mass is 19.4. The molecule has 0 spiro atoms. The lowest BCUT2D eigenvalue weighted by Crippen LogP contribution is -2.52. The average molecular weight is 540 g/mol. The van der Waals surface area contributed by atoms with Gasteiger partial charge in [-0.2, -0.15) is 26.3 Å². The topological polar surface area (TPSA) is 53.6 Å². The second-order valence-electron chi connectivity index (χ2n) is 8.59. The van der Waals surface area contributed by atoms with Gasteiger partial charge in [-0.25, -0.2) is 4.39 Å². The maximum atomic E-state index is 13.3. The van der Waals surface area contributed by atoms with Crippen LogP contribution >= 0.6 is 0 Å². The predicted molar refractivity (Wildman–Crippen MR) is 126 cm³/mol. The van der Waals surface area contributed by atoms with Crippen molar-refractivity contribution in [1.29, 1.82) is 0 Å². The summed E-state index contributed by atoms with van der Waals surface area (Å²) in [5, 5.41) is 5.36. The Balaban J connectivity index is 0.00000102. The Labute approximate surface area is 212 Å². The first kappa shape index (κ1) is 32.3. The minimum atomic E-state index is -4.97. The molecule has 0 aromatic heterocycles. The Hall–Kier alpha value is -2.70. The van der Waals surface area contributed by atoms with Crippen molar-refractivity contribution in [2.75, 3.05) is 40.8 Å². The van der Waals surface area contributed by atoms with Crippen LogP contribution in [0.15, 0.2) is 42.5 Å². The molecule has 1 atom stereocenters. The zero-order valence-corrected chi connectivity index (χ0v) is 21.1. The number of nitrogens with one attached hydrogen (secondary N) is 2. The molecule has 12 heteroatoms. The van der Waals surface area contributed by atoms with Crippen LogP contribution in [0.5, 0.6) is 0 Å². The van der Waals surface area contributed by atoms with E-state index >= 15 is 0 Å². The molecule has 0 saturated carbocycles. The normalized spacial score (nSPS) is 13.5. The van der Waals surface area contributed by atoms with E-state index < -0.39 is 41.4 Å². The molecule has 0 bridgehead atoms. The zero-order chi connectivity index (χ0) is 28.3. The number of nitrogens with zero attached hydrogens (tertiary/aromatic N) is 1. The van der Waals surface area contributed by atoms with Gasteiger partial charge in [0.2, 0.25) is 6.41 Å². The number of halogens is 7. The predicted octanol–water partition coefficient (Wildman–Crippen LogP) is 5.20. The van der Waals surface area contributed by atoms with Gasteiger partial charge in [0.15, 0.2) is 0 Å². The summed E-state index contributed by atoms with van der Waals surface area (Å²) in [6.45, 7) is 2.59. The first-order valence-corrected chi connectivity index (χ1v) is 11.3. The highest BCUT2D eigenvalue weighted by Gasteiger charge is 2.37. The second kappa shape index (κ2) is 14.3. The van der Waals surface area contributed by atoms with E-state index in [1.807, 2.05) is 0 Å². The van der Waals surface area contributed by atoms with Crippen LogP contribution in [0.2, 0.25) is 0 Å². The molecule has 208 valence electrons. The van der Waals surface area contributed by atoms with Crippen molar-refractivity contribution in [3.63, 3.8) is 0 Å². The molecule has 1 unspecified atom stereocenters. The molecule has 2 aromatic rings. The molecule has 37 heavy (non-hydrogen) atoms. The molecule has 0 aliphatic rings. The Kier molecular flexibility index (Phi) is 12.5. The van der Waals surface area contributed by atoms with Crippen molar-refractivity contribution in [2.45, 2.75) is 37.8 Å². The summed E-state index contributed by atoms with van der Waals surface area (Å²) in [4.78, 5) is 13.3. The number of carbonyl (C=O) groups excluding carboxylic acids is 1. The van der Waals surface area contributed by atoms with Gasteiger partial charge < -0.3 is 20.3 Å². The Morgan fingerprint density at radius 2 is 1.46 bits per heavy atom. The van der Waals surface area contributed by atoms with E-state index in [0.29, 0.717) is 24.1 Å². The van der Waals surface area contributed by atoms with E-state index in [1.165, 1.54) is 25.1 Å². The van der Waals surface area contributed by atoms with Crippen LogP contribution in [0.3, 0.4) is 0 Å². The molecule has 2 N–H and O–H groups in total. The highest BCUT2D eigenvalue weighted by molar-refractivity contribution is 5.50. The largest absolute Gasteiger partial charge is 0.416 e. The molecule has 5 nitrogen and oxygen atoms in total. The van der Waals surface area contributed by atoms with Gasteiger partial charge in [-0.3, -0.25) is 4.79 Å². The molecule has 0 heterocycles. The number of likely N-dealkylation sites (N-methyl/N-ethyl adjacent to an activating group) is 1. The summed E-state index contributed by atoms with van der Waals surface area (Å²) in [5.41, 5.74) is -4.06. The number of benzene rings is 2. The van der Waals surface area contributed by atoms with Crippen molar-refractivity contribution in [2.24, 2.45) is 0 Å². The van der Waals surface area contributed by atoms with Gasteiger partial charge in [0, 0.05) is 6.54 Å². The van der Waals surface area contributed by atoms with Gasteiger partial charge in [-0.05, 0) is 75.6 Å². The fourth-order valence-electron chi connectivity index (χ4n) is 3.49. The third-order valence-electron chi connectivity index (χ3n) is 5.15. The monoisotopic (exact) mass is 539 g/mol. The number of ether oxygens (including phenoxy) is 1. The maximum absolute atomic E-state index is 13.3. The standard InChI is InChI=1S/C20H19F7N2O2.C5H13N/c1-28-10-18(29-12-30,14-2-4-17(21)5-3-14)11-31-9-13-6-15(19(22,23)24)8-16(7-13)20(25,26)27;1-4-5-6(2)3/h2-8,12,28H,9-11H2,1H3,(H,29,30);4-5H2,1-3H3. The number of rotatable bonds is 11. The number of amides is 1. The van der Waals surface area contributed by atoms with Crippen molar-refractivity contribution in [3.8, 4) is 0 Å². The second-order valence-corrected chi connectivity index (χ2v) is 8.59. The van der Waals surface area contributed by atoms with Crippen LogP contribution in [0.1, 0.15) is 35.6 Å². The first-order valence-electron chi connectivity index (χ1n) is 11.3. The van der Waals surface area contributed by atoms with Gasteiger partial charge in [0.1, 0.15) is 11.4 Å². The van der Waals surface area contributed by atoms with Gasteiger partial charge in [0.05, 0.1) is 24.3 Å². The van der Waals surface area contributed by atoms with E-state index in [9.17, 15) is 35.5 Å². The van der Waals surface area contributed by atoms with E-state index in [4.69, 9.17) is 4.74 Å². The van der Waals surface area contributed by atoms with E-state index in [0.717, 1.165) is 12.1 Å². The average Bonchev–Trinajstić information content (AvgIpc) is 2.79. The number of hydrogen-bond donors (Lipinski definition) is 2. The van der Waals surface area contributed by atoms with Crippen LogP contribution in [0.4, 0.5) is 30.7 Å². The number of alkyl halides is 6. The summed E-state index contributed by atoms with van der Waals surface area (Å²) in [6.07, 6.45) is -8.32. The fraction of sp³-hybridized carbons (Fsp3) is 0.480. The smallest absolute Gasteiger partial charge is 0.374 e. The van der Waals surface area contributed by atoms with Crippen LogP contribution in [-0.4, -0.2) is 52.1 Å². The van der Waals surface area contributed by atoms with Crippen molar-refractivity contribution in [3.05, 3.63) is 70.5 Å². The minimum absolute atomic E-state index is 0.0290. The van der Waals surface area contributed by atoms with Crippen LogP contribution in [-0.2, 0) is 34.0 Å². The molecule has 0 saturated heterocycles. The quantitative estimate of drug-likeness (QED) is 0.305. The van der Waals surface area contributed by atoms with E-state index in [2.05, 4.69) is 36.6 Å². The Morgan fingerprint density at radius 3 is 1.84 bits per heavy atom. The van der Waals surface area contributed by atoms with E-state index in [-0.39, 0.29) is 24.8 Å². The van der Waals surface area contributed by atoms with E-state index in [1.54, 1.807) is 7.05 Å².